The second kappa shape index (κ2) is 4.08. The van der Waals surface area contributed by atoms with Crippen LogP contribution < -0.4 is 0 Å². The quantitative estimate of drug-likeness (QED) is 0.865. The van der Waals surface area contributed by atoms with Gasteiger partial charge in [0.1, 0.15) is 0 Å². The van der Waals surface area contributed by atoms with Gasteiger partial charge in [0.25, 0.3) is 0 Å². The first-order valence-corrected chi connectivity index (χ1v) is 5.05. The Bertz CT molecular complexity index is 320. The third kappa shape index (κ3) is 2.68. The average molecular weight is 294 g/mol. The summed E-state index contributed by atoms with van der Waals surface area (Å²) < 4.78 is 2.36. The van der Waals surface area contributed by atoms with E-state index in [0.717, 1.165) is 6.54 Å². The molecule has 0 saturated heterocycles. The lowest BCUT2D eigenvalue weighted by Gasteiger charge is -2.02. The van der Waals surface area contributed by atoms with Crippen LogP contribution >= 0.6 is 22.6 Å². The van der Waals surface area contributed by atoms with Crippen molar-refractivity contribution in [3.05, 3.63) is 15.5 Å². The number of hydrogen-bond donors (Lipinski definition) is 1. The molecule has 0 saturated carbocycles. The second-order valence-electron chi connectivity index (χ2n) is 3.25. The van der Waals surface area contributed by atoms with E-state index in [2.05, 4.69) is 18.9 Å². The molecule has 0 aliphatic rings. The van der Waals surface area contributed by atoms with Gasteiger partial charge in [-0.2, -0.15) is 5.10 Å². The van der Waals surface area contributed by atoms with E-state index in [1.54, 1.807) is 10.9 Å². The molecule has 0 fully saturated rings. The van der Waals surface area contributed by atoms with Crippen molar-refractivity contribution in [3.8, 4) is 0 Å². The van der Waals surface area contributed by atoms with Gasteiger partial charge in [0.15, 0.2) is 5.69 Å². The molecule has 4 nitrogen and oxygen atoms in total. The fourth-order valence-electron chi connectivity index (χ4n) is 1.01. The number of rotatable bonds is 3. The number of nitrogens with zero attached hydrogens (tertiary/aromatic N) is 2. The van der Waals surface area contributed by atoms with E-state index in [9.17, 15) is 4.79 Å². The fourth-order valence-corrected chi connectivity index (χ4v) is 1.67. The first-order valence-electron chi connectivity index (χ1n) is 3.97. The van der Waals surface area contributed by atoms with Crippen molar-refractivity contribution in [3.63, 3.8) is 0 Å². The van der Waals surface area contributed by atoms with Crippen molar-refractivity contribution in [1.29, 1.82) is 0 Å². The van der Waals surface area contributed by atoms with Gasteiger partial charge in [0.2, 0.25) is 0 Å². The van der Waals surface area contributed by atoms with Crippen LogP contribution in [0.2, 0.25) is 0 Å². The van der Waals surface area contributed by atoms with Crippen molar-refractivity contribution in [2.75, 3.05) is 0 Å². The van der Waals surface area contributed by atoms with Gasteiger partial charge >= 0.3 is 5.97 Å². The van der Waals surface area contributed by atoms with E-state index in [0.29, 0.717) is 9.49 Å². The second-order valence-corrected chi connectivity index (χ2v) is 4.41. The van der Waals surface area contributed by atoms with Crippen molar-refractivity contribution in [2.24, 2.45) is 5.92 Å². The Morgan fingerprint density at radius 2 is 2.38 bits per heavy atom. The van der Waals surface area contributed by atoms with Gasteiger partial charge < -0.3 is 5.11 Å². The van der Waals surface area contributed by atoms with E-state index in [1.165, 1.54) is 0 Å². The largest absolute Gasteiger partial charge is 0.476 e. The summed E-state index contributed by atoms with van der Waals surface area (Å²) in [6.45, 7) is 4.88. The lowest BCUT2D eigenvalue weighted by Crippen LogP contribution is -2.06. The zero-order valence-corrected chi connectivity index (χ0v) is 9.65. The smallest absolute Gasteiger partial charge is 0.357 e. The molecule has 0 spiro atoms. The van der Waals surface area contributed by atoms with Gasteiger partial charge in [-0.25, -0.2) is 4.79 Å². The molecular weight excluding hydrogens is 283 g/mol. The third-order valence-electron chi connectivity index (χ3n) is 1.47. The molecule has 0 aliphatic heterocycles. The molecule has 0 aromatic carbocycles. The van der Waals surface area contributed by atoms with E-state index < -0.39 is 5.97 Å². The molecule has 0 aliphatic carbocycles. The topological polar surface area (TPSA) is 55.1 Å². The summed E-state index contributed by atoms with van der Waals surface area (Å²) >= 11 is 1.98. The summed E-state index contributed by atoms with van der Waals surface area (Å²) in [6.07, 6.45) is 1.75. The monoisotopic (exact) mass is 294 g/mol. The van der Waals surface area contributed by atoms with Crippen LogP contribution in [0.1, 0.15) is 24.3 Å². The van der Waals surface area contributed by atoms with Crippen LogP contribution in [0, 0.1) is 9.49 Å². The van der Waals surface area contributed by atoms with E-state index in [1.807, 2.05) is 22.6 Å². The molecule has 1 heterocycles. The highest BCUT2D eigenvalue weighted by atomic mass is 127. The Morgan fingerprint density at radius 1 is 1.77 bits per heavy atom. The van der Waals surface area contributed by atoms with Crippen LogP contribution in [0.25, 0.3) is 0 Å². The number of hydrogen-bond acceptors (Lipinski definition) is 2. The number of carbonyl (C=O) groups is 1. The van der Waals surface area contributed by atoms with Crippen LogP contribution in [0.4, 0.5) is 0 Å². The summed E-state index contributed by atoms with van der Waals surface area (Å²) in [5, 5.41) is 12.7. The SMILES string of the molecule is CC(C)Cn1cc(I)c(C(=O)O)n1. The molecule has 0 radical (unpaired) electrons. The summed E-state index contributed by atoms with van der Waals surface area (Å²) in [6, 6.07) is 0. The highest BCUT2D eigenvalue weighted by molar-refractivity contribution is 14.1. The Morgan fingerprint density at radius 3 is 2.77 bits per heavy atom. The number of aromatic nitrogens is 2. The predicted octanol–water partition coefficient (Wildman–Crippen LogP) is 1.84. The standard InChI is InChI=1S/C8H11IN2O2/c1-5(2)3-11-4-6(9)7(10-11)8(12)13/h4-5H,3H2,1-2H3,(H,12,13). The van der Waals surface area contributed by atoms with Gasteiger partial charge in [0.05, 0.1) is 3.57 Å². The normalized spacial score (nSPS) is 10.8. The first kappa shape index (κ1) is 10.5. The van der Waals surface area contributed by atoms with Gasteiger partial charge in [0, 0.05) is 12.7 Å². The molecule has 1 aromatic heterocycles. The molecule has 0 bridgehead atoms. The minimum Gasteiger partial charge on any atom is -0.476 e. The van der Waals surface area contributed by atoms with Gasteiger partial charge in [-0.3, -0.25) is 4.68 Å². The number of carboxylic acid groups (broad SMARTS) is 1. The van der Waals surface area contributed by atoms with E-state index in [4.69, 9.17) is 5.11 Å². The maximum absolute atomic E-state index is 10.6. The van der Waals surface area contributed by atoms with Crippen LogP contribution in [-0.4, -0.2) is 20.9 Å². The maximum atomic E-state index is 10.6. The summed E-state index contributed by atoms with van der Waals surface area (Å²) in [7, 11) is 0. The Hall–Kier alpha value is -0.590. The molecule has 0 atom stereocenters. The highest BCUT2D eigenvalue weighted by Gasteiger charge is 2.13. The average Bonchev–Trinajstić information content (AvgIpc) is 2.29. The van der Waals surface area contributed by atoms with Crippen LogP contribution in [0.3, 0.4) is 0 Å². The van der Waals surface area contributed by atoms with Crippen molar-refractivity contribution in [1.82, 2.24) is 9.78 Å². The predicted molar refractivity (Wildman–Crippen MR) is 56.7 cm³/mol. The van der Waals surface area contributed by atoms with Crippen molar-refractivity contribution >= 4 is 28.6 Å². The lowest BCUT2D eigenvalue weighted by molar-refractivity contribution is 0.0688. The lowest BCUT2D eigenvalue weighted by atomic mass is 10.2. The first-order chi connectivity index (χ1) is 6.00. The van der Waals surface area contributed by atoms with Crippen molar-refractivity contribution in [2.45, 2.75) is 20.4 Å². The summed E-state index contributed by atoms with van der Waals surface area (Å²) in [5.74, 6) is -0.496. The molecule has 0 amide bonds. The van der Waals surface area contributed by atoms with Crippen LogP contribution in [0.15, 0.2) is 6.20 Å². The Kier molecular flexibility index (Phi) is 3.29. The Labute approximate surface area is 90.1 Å². The molecule has 72 valence electrons. The summed E-state index contributed by atoms with van der Waals surface area (Å²) in [4.78, 5) is 10.6. The van der Waals surface area contributed by atoms with Gasteiger partial charge in [-0.15, -0.1) is 0 Å². The zero-order chi connectivity index (χ0) is 10.0. The van der Waals surface area contributed by atoms with Crippen LogP contribution in [0.5, 0.6) is 0 Å². The highest BCUT2D eigenvalue weighted by Crippen LogP contribution is 2.11. The Balaban J connectivity index is 2.89. The minimum absolute atomic E-state index is 0.140. The van der Waals surface area contributed by atoms with E-state index >= 15 is 0 Å². The van der Waals surface area contributed by atoms with Gasteiger partial charge in [-0.1, -0.05) is 13.8 Å². The zero-order valence-electron chi connectivity index (χ0n) is 7.49. The number of halogens is 1. The molecule has 1 aromatic rings. The van der Waals surface area contributed by atoms with E-state index in [-0.39, 0.29) is 5.69 Å². The number of carboxylic acids is 1. The third-order valence-corrected chi connectivity index (χ3v) is 2.26. The van der Waals surface area contributed by atoms with Gasteiger partial charge in [-0.05, 0) is 28.5 Å². The molecule has 1 rings (SSSR count). The maximum Gasteiger partial charge on any atom is 0.357 e. The fraction of sp³-hybridized carbons (Fsp3) is 0.500. The number of aromatic carboxylic acids is 1. The molecule has 1 N–H and O–H groups in total. The van der Waals surface area contributed by atoms with Crippen LogP contribution in [-0.2, 0) is 6.54 Å². The summed E-state index contributed by atoms with van der Waals surface area (Å²) in [5.41, 5.74) is 0.140. The molecule has 5 heteroatoms. The molecular formula is C8H11IN2O2. The molecule has 13 heavy (non-hydrogen) atoms. The van der Waals surface area contributed by atoms with Crippen molar-refractivity contribution < 1.29 is 9.90 Å². The molecule has 0 unspecified atom stereocenters. The minimum atomic E-state index is -0.966.